The first kappa shape index (κ1) is 22.7. The maximum atomic E-state index is 10.9. The van der Waals surface area contributed by atoms with Gasteiger partial charge in [0.05, 0.1) is 0 Å². The van der Waals surface area contributed by atoms with E-state index in [0.29, 0.717) is 6.42 Å². The summed E-state index contributed by atoms with van der Waals surface area (Å²) in [7, 11) is -9.48. The van der Waals surface area contributed by atoms with Crippen LogP contribution in [0.5, 0.6) is 0 Å². The molecule has 0 spiro atoms. The zero-order valence-corrected chi connectivity index (χ0v) is 15.3. The Hall–Kier alpha value is -0.260. The molecule has 0 aromatic rings. The molecule has 0 saturated heterocycles. The molecule has 0 amide bonds. The van der Waals surface area contributed by atoms with E-state index in [9.17, 15) is 16.8 Å². The fourth-order valence-corrected chi connectivity index (χ4v) is 3.41. The summed E-state index contributed by atoms with van der Waals surface area (Å²) in [6, 6.07) is 0. The van der Waals surface area contributed by atoms with E-state index in [-0.39, 0.29) is 12.8 Å². The van der Waals surface area contributed by atoms with Crippen molar-refractivity contribution in [1.82, 2.24) is 0 Å². The van der Waals surface area contributed by atoms with Crippen LogP contribution in [0.2, 0.25) is 0 Å². The SMILES string of the molecule is CCCCCCCCCC(OS(=O)(=O)O)C(CC)OS(=O)(=O)O. The van der Waals surface area contributed by atoms with Crippen molar-refractivity contribution >= 4 is 20.8 Å². The number of hydrogen-bond acceptors (Lipinski definition) is 6. The predicted octanol–water partition coefficient (Wildman–Crippen LogP) is 2.91. The van der Waals surface area contributed by atoms with Gasteiger partial charge in [-0.15, -0.1) is 0 Å². The molecule has 0 aromatic carbocycles. The highest BCUT2D eigenvalue weighted by Gasteiger charge is 2.29. The van der Waals surface area contributed by atoms with Crippen LogP contribution in [0.1, 0.15) is 71.6 Å². The first-order chi connectivity index (χ1) is 10.6. The first-order valence-electron chi connectivity index (χ1n) is 7.90. The van der Waals surface area contributed by atoms with E-state index in [2.05, 4.69) is 15.3 Å². The largest absolute Gasteiger partial charge is 0.397 e. The Labute approximate surface area is 139 Å². The molecule has 23 heavy (non-hydrogen) atoms. The molecule has 0 radical (unpaired) electrons. The Bertz CT molecular complexity index is 500. The summed E-state index contributed by atoms with van der Waals surface area (Å²) in [6.45, 7) is 3.68. The van der Waals surface area contributed by atoms with Gasteiger partial charge in [0.2, 0.25) is 0 Å². The zero-order valence-electron chi connectivity index (χ0n) is 13.7. The molecule has 0 aliphatic rings. The van der Waals surface area contributed by atoms with Crippen LogP contribution in [0.4, 0.5) is 0 Å². The minimum absolute atomic E-state index is 0.0937. The molecule has 0 aliphatic carbocycles. The summed E-state index contributed by atoms with van der Waals surface area (Å²) in [5, 5.41) is 0. The van der Waals surface area contributed by atoms with Crippen molar-refractivity contribution in [3.05, 3.63) is 0 Å². The standard InChI is InChI=1S/C13H28O8S2/c1-3-5-6-7-8-9-10-11-13(21-23(17,18)19)12(4-2)20-22(14,15)16/h12-13H,3-11H2,1-2H3,(H,14,15,16)(H,17,18,19). The molecule has 0 saturated carbocycles. The Morgan fingerprint density at radius 3 is 1.61 bits per heavy atom. The van der Waals surface area contributed by atoms with Crippen molar-refractivity contribution < 1.29 is 34.3 Å². The lowest BCUT2D eigenvalue weighted by Crippen LogP contribution is -2.34. The molecule has 0 rings (SSSR count). The molecular weight excluding hydrogens is 348 g/mol. The van der Waals surface area contributed by atoms with Gasteiger partial charge in [0.15, 0.2) is 0 Å². The Balaban J connectivity index is 4.50. The number of unbranched alkanes of at least 4 members (excludes halogenated alkanes) is 6. The van der Waals surface area contributed by atoms with Crippen LogP contribution < -0.4 is 0 Å². The highest BCUT2D eigenvalue weighted by atomic mass is 32.3. The summed E-state index contributed by atoms with van der Waals surface area (Å²) in [5.41, 5.74) is 0. The van der Waals surface area contributed by atoms with Crippen LogP contribution in [0.3, 0.4) is 0 Å². The van der Waals surface area contributed by atoms with Gasteiger partial charge in [-0.2, -0.15) is 16.8 Å². The van der Waals surface area contributed by atoms with E-state index in [1.54, 1.807) is 6.92 Å². The zero-order chi connectivity index (χ0) is 17.9. The Morgan fingerprint density at radius 1 is 0.739 bits per heavy atom. The second-order valence-electron chi connectivity index (χ2n) is 5.44. The molecule has 2 N–H and O–H groups in total. The molecule has 0 aliphatic heterocycles. The Kier molecular flexibility index (Phi) is 11.2. The lowest BCUT2D eigenvalue weighted by Gasteiger charge is -2.23. The van der Waals surface area contributed by atoms with Crippen molar-refractivity contribution in [1.29, 1.82) is 0 Å². The van der Waals surface area contributed by atoms with Crippen molar-refractivity contribution in [2.45, 2.75) is 83.8 Å². The van der Waals surface area contributed by atoms with Gasteiger partial charge in [0, 0.05) is 0 Å². The summed E-state index contributed by atoms with van der Waals surface area (Å²) >= 11 is 0. The first-order valence-corrected chi connectivity index (χ1v) is 10.6. The third-order valence-electron chi connectivity index (χ3n) is 3.40. The molecule has 2 unspecified atom stereocenters. The third kappa shape index (κ3) is 13.8. The third-order valence-corrected chi connectivity index (χ3v) is 4.38. The molecule has 10 heteroatoms. The van der Waals surface area contributed by atoms with E-state index >= 15 is 0 Å². The second-order valence-corrected chi connectivity index (χ2v) is 7.54. The number of rotatable bonds is 14. The Morgan fingerprint density at radius 2 is 1.17 bits per heavy atom. The smallest absolute Gasteiger partial charge is 0.264 e. The van der Waals surface area contributed by atoms with E-state index in [1.165, 1.54) is 6.42 Å². The molecule has 0 fully saturated rings. The van der Waals surface area contributed by atoms with Gasteiger partial charge in [-0.25, -0.2) is 8.37 Å². The van der Waals surface area contributed by atoms with Crippen molar-refractivity contribution in [2.24, 2.45) is 0 Å². The summed E-state index contributed by atoms with van der Waals surface area (Å²) in [6.07, 6.45) is 4.88. The molecule has 0 heterocycles. The molecule has 8 nitrogen and oxygen atoms in total. The van der Waals surface area contributed by atoms with Crippen LogP contribution in [0.15, 0.2) is 0 Å². The van der Waals surface area contributed by atoms with Gasteiger partial charge in [0.1, 0.15) is 12.2 Å². The molecule has 140 valence electrons. The van der Waals surface area contributed by atoms with Crippen LogP contribution in [-0.2, 0) is 29.2 Å². The molecule has 0 aromatic heterocycles. The van der Waals surface area contributed by atoms with Gasteiger partial charge < -0.3 is 0 Å². The van der Waals surface area contributed by atoms with E-state index in [0.717, 1.165) is 32.1 Å². The minimum atomic E-state index is -4.75. The maximum absolute atomic E-state index is 10.9. The number of hydrogen-bond donors (Lipinski definition) is 2. The topological polar surface area (TPSA) is 127 Å². The summed E-state index contributed by atoms with van der Waals surface area (Å²) < 4.78 is 69.9. The summed E-state index contributed by atoms with van der Waals surface area (Å²) in [4.78, 5) is 0. The molecular formula is C13H28O8S2. The van der Waals surface area contributed by atoms with Crippen LogP contribution in [0, 0.1) is 0 Å². The fourth-order valence-electron chi connectivity index (χ4n) is 2.30. The van der Waals surface area contributed by atoms with Crippen LogP contribution in [0.25, 0.3) is 0 Å². The highest BCUT2D eigenvalue weighted by molar-refractivity contribution is 7.81. The monoisotopic (exact) mass is 376 g/mol. The lowest BCUT2D eigenvalue weighted by molar-refractivity contribution is 0.0374. The average molecular weight is 376 g/mol. The normalized spacial score (nSPS) is 15.5. The molecule has 0 bridgehead atoms. The van der Waals surface area contributed by atoms with Gasteiger partial charge in [-0.05, 0) is 12.8 Å². The fraction of sp³-hybridized carbons (Fsp3) is 1.00. The average Bonchev–Trinajstić information content (AvgIpc) is 2.40. The van der Waals surface area contributed by atoms with Crippen molar-refractivity contribution in [2.75, 3.05) is 0 Å². The highest BCUT2D eigenvalue weighted by Crippen LogP contribution is 2.20. The quantitative estimate of drug-likeness (QED) is 0.350. The van der Waals surface area contributed by atoms with Gasteiger partial charge in [0.25, 0.3) is 0 Å². The van der Waals surface area contributed by atoms with Crippen molar-refractivity contribution in [3.63, 3.8) is 0 Å². The van der Waals surface area contributed by atoms with Gasteiger partial charge >= 0.3 is 20.8 Å². The lowest BCUT2D eigenvalue weighted by atomic mass is 10.0. The maximum Gasteiger partial charge on any atom is 0.397 e. The van der Waals surface area contributed by atoms with E-state index < -0.39 is 33.0 Å². The van der Waals surface area contributed by atoms with Crippen LogP contribution in [-0.4, -0.2) is 38.1 Å². The minimum Gasteiger partial charge on any atom is -0.264 e. The summed E-state index contributed by atoms with van der Waals surface area (Å²) in [5.74, 6) is 0. The van der Waals surface area contributed by atoms with Crippen LogP contribution >= 0.6 is 0 Å². The van der Waals surface area contributed by atoms with Gasteiger partial charge in [-0.3, -0.25) is 9.11 Å². The van der Waals surface area contributed by atoms with Gasteiger partial charge in [-0.1, -0.05) is 58.8 Å². The van der Waals surface area contributed by atoms with Crippen molar-refractivity contribution in [3.8, 4) is 0 Å². The predicted molar refractivity (Wildman–Crippen MR) is 85.7 cm³/mol. The molecule has 2 atom stereocenters. The second kappa shape index (κ2) is 11.3. The van der Waals surface area contributed by atoms with E-state index in [1.807, 2.05) is 0 Å². The van der Waals surface area contributed by atoms with E-state index in [4.69, 9.17) is 9.11 Å².